The van der Waals surface area contributed by atoms with Crippen LogP contribution in [0.25, 0.3) is 0 Å². The Balaban J connectivity index is 2.19. The number of hydrogen-bond acceptors (Lipinski definition) is 6. The highest BCUT2D eigenvalue weighted by molar-refractivity contribution is 5.77. The Morgan fingerprint density at radius 2 is 1.80 bits per heavy atom. The molecular weight excluding hydrogens is 322 g/mol. The van der Waals surface area contributed by atoms with Crippen molar-refractivity contribution in [2.45, 2.75) is 26.4 Å². The van der Waals surface area contributed by atoms with Crippen molar-refractivity contribution >= 4 is 11.9 Å². The molecule has 2 aromatic rings. The number of benzene rings is 2. The summed E-state index contributed by atoms with van der Waals surface area (Å²) in [4.78, 5) is 23.5. The number of para-hydroxylation sites is 1. The molecule has 0 radical (unpaired) electrons. The lowest BCUT2D eigenvalue weighted by Gasteiger charge is -2.18. The van der Waals surface area contributed by atoms with Gasteiger partial charge in [-0.3, -0.25) is 10.1 Å². The second-order valence-electron chi connectivity index (χ2n) is 5.36. The van der Waals surface area contributed by atoms with Crippen LogP contribution in [0, 0.1) is 0 Å². The Labute approximate surface area is 146 Å². The van der Waals surface area contributed by atoms with Gasteiger partial charge >= 0.3 is 11.9 Å². The van der Waals surface area contributed by atoms with Crippen molar-refractivity contribution in [1.82, 2.24) is 5.32 Å². The SMILES string of the molecule is CCOC(=O)C(NCc1ccccc1OC(C)=O)c1ccc(O)cc1. The van der Waals surface area contributed by atoms with E-state index in [-0.39, 0.29) is 12.4 Å². The van der Waals surface area contributed by atoms with E-state index in [1.54, 1.807) is 31.2 Å². The van der Waals surface area contributed by atoms with E-state index in [9.17, 15) is 14.7 Å². The number of rotatable bonds is 7. The van der Waals surface area contributed by atoms with E-state index in [1.807, 2.05) is 12.1 Å². The zero-order valence-electron chi connectivity index (χ0n) is 14.2. The van der Waals surface area contributed by atoms with Gasteiger partial charge in [0.15, 0.2) is 0 Å². The van der Waals surface area contributed by atoms with E-state index in [1.165, 1.54) is 19.1 Å². The Kier molecular flexibility index (Phi) is 6.54. The second kappa shape index (κ2) is 8.84. The van der Waals surface area contributed by atoms with E-state index in [0.29, 0.717) is 17.9 Å². The van der Waals surface area contributed by atoms with Crippen molar-refractivity contribution in [3.63, 3.8) is 0 Å². The van der Waals surface area contributed by atoms with Gasteiger partial charge in [-0.15, -0.1) is 0 Å². The first-order chi connectivity index (χ1) is 12.0. The first kappa shape index (κ1) is 18.5. The van der Waals surface area contributed by atoms with Crippen LogP contribution in [0.5, 0.6) is 11.5 Å². The standard InChI is InChI=1S/C19H21NO5/c1-3-24-19(23)18(14-8-10-16(22)11-9-14)20-12-15-6-4-5-7-17(15)25-13(2)21/h4-11,18,20,22H,3,12H2,1-2H3. The number of phenols is 1. The lowest BCUT2D eigenvalue weighted by molar-refractivity contribution is -0.146. The Hall–Kier alpha value is -2.86. The molecule has 1 atom stereocenters. The normalized spacial score (nSPS) is 11.6. The fourth-order valence-corrected chi connectivity index (χ4v) is 2.35. The first-order valence-corrected chi connectivity index (χ1v) is 7.96. The monoisotopic (exact) mass is 343 g/mol. The van der Waals surface area contributed by atoms with Gasteiger partial charge in [-0.1, -0.05) is 30.3 Å². The zero-order valence-corrected chi connectivity index (χ0v) is 14.2. The van der Waals surface area contributed by atoms with Gasteiger partial charge < -0.3 is 14.6 Å². The molecule has 1 unspecified atom stereocenters. The van der Waals surface area contributed by atoms with Gasteiger partial charge in [-0.05, 0) is 30.7 Å². The lowest BCUT2D eigenvalue weighted by Crippen LogP contribution is -2.30. The number of nitrogens with one attached hydrogen (secondary N) is 1. The molecule has 25 heavy (non-hydrogen) atoms. The topological polar surface area (TPSA) is 84.9 Å². The number of aromatic hydroxyl groups is 1. The molecule has 0 aliphatic heterocycles. The minimum absolute atomic E-state index is 0.117. The average Bonchev–Trinajstić information content (AvgIpc) is 2.58. The molecule has 6 heteroatoms. The van der Waals surface area contributed by atoms with Crippen LogP contribution in [0.2, 0.25) is 0 Å². The van der Waals surface area contributed by atoms with Crippen molar-refractivity contribution in [3.05, 3.63) is 59.7 Å². The van der Waals surface area contributed by atoms with Crippen LogP contribution in [0.15, 0.2) is 48.5 Å². The average molecular weight is 343 g/mol. The first-order valence-electron chi connectivity index (χ1n) is 7.96. The number of esters is 2. The van der Waals surface area contributed by atoms with Crippen LogP contribution in [-0.4, -0.2) is 23.7 Å². The van der Waals surface area contributed by atoms with Crippen LogP contribution in [0.4, 0.5) is 0 Å². The van der Waals surface area contributed by atoms with E-state index in [0.717, 1.165) is 5.56 Å². The summed E-state index contributed by atoms with van der Waals surface area (Å²) in [6.45, 7) is 3.64. The predicted molar refractivity (Wildman–Crippen MR) is 92.1 cm³/mol. The van der Waals surface area contributed by atoms with Crippen LogP contribution in [0.3, 0.4) is 0 Å². The molecule has 6 nitrogen and oxygen atoms in total. The van der Waals surface area contributed by atoms with Crippen molar-refractivity contribution in [1.29, 1.82) is 0 Å². The van der Waals surface area contributed by atoms with Gasteiger partial charge in [0.1, 0.15) is 17.5 Å². The van der Waals surface area contributed by atoms with E-state index >= 15 is 0 Å². The van der Waals surface area contributed by atoms with Gasteiger partial charge in [0, 0.05) is 19.0 Å². The summed E-state index contributed by atoms with van der Waals surface area (Å²) < 4.78 is 10.3. The lowest BCUT2D eigenvalue weighted by atomic mass is 10.1. The molecule has 2 N–H and O–H groups in total. The molecule has 0 bridgehead atoms. The summed E-state index contributed by atoms with van der Waals surface area (Å²) in [6, 6.07) is 12.7. The number of ether oxygens (including phenoxy) is 2. The van der Waals surface area contributed by atoms with Crippen LogP contribution < -0.4 is 10.1 Å². The maximum absolute atomic E-state index is 12.3. The van der Waals surface area contributed by atoms with Crippen molar-refractivity contribution in [2.75, 3.05) is 6.61 Å². The number of carbonyl (C=O) groups excluding carboxylic acids is 2. The van der Waals surface area contributed by atoms with E-state index < -0.39 is 18.0 Å². The molecule has 0 spiro atoms. The summed E-state index contributed by atoms with van der Waals surface area (Å²) in [7, 11) is 0. The van der Waals surface area contributed by atoms with Gasteiger partial charge in [0.25, 0.3) is 0 Å². The smallest absolute Gasteiger partial charge is 0.327 e. The highest BCUT2D eigenvalue weighted by atomic mass is 16.5. The summed E-state index contributed by atoms with van der Waals surface area (Å²) in [5, 5.41) is 12.5. The molecule has 0 saturated carbocycles. The zero-order chi connectivity index (χ0) is 18.2. The largest absolute Gasteiger partial charge is 0.508 e. The number of phenolic OH excluding ortho intramolecular Hbond substituents is 1. The molecule has 0 fully saturated rings. The Morgan fingerprint density at radius 3 is 2.44 bits per heavy atom. The third kappa shape index (κ3) is 5.32. The molecule has 0 aliphatic carbocycles. The maximum atomic E-state index is 12.3. The number of hydrogen-bond donors (Lipinski definition) is 2. The Morgan fingerprint density at radius 1 is 1.12 bits per heavy atom. The Bertz CT molecular complexity index is 727. The van der Waals surface area contributed by atoms with Crippen molar-refractivity contribution < 1.29 is 24.2 Å². The summed E-state index contributed by atoms with van der Waals surface area (Å²) >= 11 is 0. The third-order valence-corrected chi connectivity index (χ3v) is 3.47. The quantitative estimate of drug-likeness (QED) is 0.594. The molecule has 132 valence electrons. The number of carbonyl (C=O) groups is 2. The van der Waals surface area contributed by atoms with Crippen LogP contribution in [-0.2, 0) is 20.9 Å². The summed E-state index contributed by atoms with van der Waals surface area (Å²) in [5.41, 5.74) is 1.41. The van der Waals surface area contributed by atoms with Crippen LogP contribution in [0.1, 0.15) is 31.0 Å². The highest BCUT2D eigenvalue weighted by Crippen LogP contribution is 2.22. The molecule has 0 saturated heterocycles. The predicted octanol–water partition coefficient (Wildman–Crippen LogP) is 2.71. The van der Waals surface area contributed by atoms with E-state index in [2.05, 4.69) is 5.32 Å². The fraction of sp³-hybridized carbons (Fsp3) is 0.263. The summed E-state index contributed by atoms with van der Waals surface area (Å²) in [6.07, 6.45) is 0. The van der Waals surface area contributed by atoms with E-state index in [4.69, 9.17) is 9.47 Å². The maximum Gasteiger partial charge on any atom is 0.327 e. The molecule has 0 aliphatic rings. The van der Waals surface area contributed by atoms with Crippen LogP contribution >= 0.6 is 0 Å². The molecular formula is C19H21NO5. The van der Waals surface area contributed by atoms with Gasteiger partial charge in [0.05, 0.1) is 6.61 Å². The highest BCUT2D eigenvalue weighted by Gasteiger charge is 2.22. The minimum Gasteiger partial charge on any atom is -0.508 e. The molecule has 0 aromatic heterocycles. The summed E-state index contributed by atoms with van der Waals surface area (Å²) in [5.74, 6) is -0.270. The molecule has 0 amide bonds. The van der Waals surface area contributed by atoms with Gasteiger partial charge in [-0.2, -0.15) is 0 Å². The van der Waals surface area contributed by atoms with Crippen molar-refractivity contribution in [2.24, 2.45) is 0 Å². The molecule has 2 aromatic carbocycles. The molecule has 2 rings (SSSR count). The molecule has 0 heterocycles. The fourth-order valence-electron chi connectivity index (χ4n) is 2.35. The minimum atomic E-state index is -0.703. The second-order valence-corrected chi connectivity index (χ2v) is 5.36. The third-order valence-electron chi connectivity index (χ3n) is 3.47. The van der Waals surface area contributed by atoms with Gasteiger partial charge in [-0.25, -0.2) is 4.79 Å². The van der Waals surface area contributed by atoms with Crippen molar-refractivity contribution in [3.8, 4) is 11.5 Å². The van der Waals surface area contributed by atoms with Gasteiger partial charge in [0.2, 0.25) is 0 Å².